The van der Waals surface area contributed by atoms with Gasteiger partial charge in [-0.25, -0.2) is 25.2 Å². The van der Waals surface area contributed by atoms with E-state index in [4.69, 9.17) is 15.2 Å². The highest BCUT2D eigenvalue weighted by Gasteiger charge is 2.18. The number of hydrogen-bond acceptors (Lipinski definition) is 8. The normalized spacial score (nSPS) is 12.3. The van der Waals surface area contributed by atoms with E-state index in [1.54, 1.807) is 45.0 Å². The lowest BCUT2D eigenvalue weighted by atomic mass is 10.2. The van der Waals surface area contributed by atoms with Crippen molar-refractivity contribution in [3.05, 3.63) is 29.8 Å². The van der Waals surface area contributed by atoms with Gasteiger partial charge in [-0.05, 0) is 52.3 Å². The molecule has 0 unspecified atom stereocenters. The SMILES string of the molecule is C[C@H](N)C(=O)N[C@@H](C)C(=O)Nc1ccc(COC(=O)NNC(=O)NCCNC(=O)OC(C)(C)C)cc1. The second-order valence-corrected chi connectivity index (χ2v) is 8.72. The Morgan fingerprint density at radius 2 is 1.50 bits per heavy atom. The summed E-state index contributed by atoms with van der Waals surface area (Å²) in [6.07, 6.45) is -1.50. The van der Waals surface area contributed by atoms with Crippen LogP contribution in [0.1, 0.15) is 40.2 Å². The fraction of sp³-hybridized carbons (Fsp3) is 0.500. The number of nitrogens with two attached hydrogens (primary N) is 1. The molecule has 200 valence electrons. The molecule has 6 amide bonds. The largest absolute Gasteiger partial charge is 0.444 e. The Balaban J connectivity index is 2.28. The molecule has 36 heavy (non-hydrogen) atoms. The van der Waals surface area contributed by atoms with Crippen molar-refractivity contribution in [1.82, 2.24) is 26.8 Å². The molecule has 0 saturated heterocycles. The first-order chi connectivity index (χ1) is 16.8. The van der Waals surface area contributed by atoms with Crippen LogP contribution in [-0.4, -0.2) is 60.8 Å². The van der Waals surface area contributed by atoms with Crippen LogP contribution in [0.25, 0.3) is 0 Å². The van der Waals surface area contributed by atoms with Gasteiger partial charge < -0.3 is 36.5 Å². The third-order valence-corrected chi connectivity index (χ3v) is 4.11. The van der Waals surface area contributed by atoms with Gasteiger partial charge in [0.25, 0.3) is 0 Å². The molecule has 14 nitrogen and oxygen atoms in total. The predicted octanol–water partition coefficient (Wildman–Crippen LogP) is 0.442. The third-order valence-electron chi connectivity index (χ3n) is 4.11. The minimum absolute atomic E-state index is 0.0932. The second-order valence-electron chi connectivity index (χ2n) is 8.72. The van der Waals surface area contributed by atoms with Crippen LogP contribution < -0.4 is 37.9 Å². The Labute approximate surface area is 209 Å². The van der Waals surface area contributed by atoms with Crippen molar-refractivity contribution in [1.29, 1.82) is 0 Å². The topological polar surface area (TPSA) is 202 Å². The quantitative estimate of drug-likeness (QED) is 0.183. The van der Waals surface area contributed by atoms with Gasteiger partial charge in [-0.1, -0.05) is 12.1 Å². The highest BCUT2D eigenvalue weighted by atomic mass is 16.6. The molecule has 14 heteroatoms. The number of carbonyl (C=O) groups excluding carboxylic acids is 5. The van der Waals surface area contributed by atoms with Crippen LogP contribution in [0.15, 0.2) is 24.3 Å². The van der Waals surface area contributed by atoms with Gasteiger partial charge in [0, 0.05) is 18.8 Å². The van der Waals surface area contributed by atoms with Crippen molar-refractivity contribution in [2.24, 2.45) is 5.73 Å². The first-order valence-corrected chi connectivity index (χ1v) is 11.2. The maximum Gasteiger partial charge on any atom is 0.426 e. The van der Waals surface area contributed by atoms with Gasteiger partial charge in [0.05, 0.1) is 6.04 Å². The molecular formula is C22H35N7O7. The number of amides is 6. The number of nitrogens with one attached hydrogen (secondary N) is 6. The molecule has 8 N–H and O–H groups in total. The summed E-state index contributed by atoms with van der Waals surface area (Å²) in [5.41, 5.74) is 10.1. The molecule has 1 aromatic rings. The van der Waals surface area contributed by atoms with E-state index in [1.165, 1.54) is 13.8 Å². The zero-order valence-corrected chi connectivity index (χ0v) is 21.0. The first kappa shape index (κ1) is 30.0. The standard InChI is InChI=1S/C22H35N7O7/c1-13(23)17(30)26-14(2)18(31)27-16-8-6-15(7-9-16)12-35-21(34)29-28-19(32)24-10-11-25-20(33)36-22(3,4)5/h6-9,13-14H,10-12,23H2,1-5H3,(H,25,33)(H,26,30)(H,27,31)(H,29,34)(H2,24,28,32)/t13-,14-/m0/s1. The molecule has 0 saturated carbocycles. The summed E-state index contributed by atoms with van der Waals surface area (Å²) in [7, 11) is 0. The summed E-state index contributed by atoms with van der Waals surface area (Å²) in [5.74, 6) is -0.858. The molecule has 0 aromatic heterocycles. The lowest BCUT2D eigenvalue weighted by Crippen LogP contribution is -2.48. The first-order valence-electron chi connectivity index (χ1n) is 11.2. The minimum atomic E-state index is -0.895. The number of benzene rings is 1. The van der Waals surface area contributed by atoms with E-state index >= 15 is 0 Å². The monoisotopic (exact) mass is 509 g/mol. The van der Waals surface area contributed by atoms with Gasteiger partial charge in [0.2, 0.25) is 11.8 Å². The fourth-order valence-electron chi connectivity index (χ4n) is 2.34. The second kappa shape index (κ2) is 14.4. The van der Waals surface area contributed by atoms with Crippen molar-refractivity contribution in [3.8, 4) is 0 Å². The lowest BCUT2D eigenvalue weighted by molar-refractivity contribution is -0.126. The van der Waals surface area contributed by atoms with E-state index in [2.05, 4.69) is 32.1 Å². The molecule has 2 atom stereocenters. The van der Waals surface area contributed by atoms with Gasteiger partial charge in [-0.15, -0.1) is 0 Å². The van der Waals surface area contributed by atoms with Crippen molar-refractivity contribution in [3.63, 3.8) is 0 Å². The van der Waals surface area contributed by atoms with Crippen LogP contribution in [0.2, 0.25) is 0 Å². The van der Waals surface area contributed by atoms with Crippen LogP contribution in [0.4, 0.5) is 20.1 Å². The smallest absolute Gasteiger partial charge is 0.426 e. The Hall–Kier alpha value is -4.07. The molecule has 0 radical (unpaired) electrons. The van der Waals surface area contributed by atoms with Crippen molar-refractivity contribution in [2.75, 3.05) is 18.4 Å². The average molecular weight is 510 g/mol. The third kappa shape index (κ3) is 13.0. The summed E-state index contributed by atoms with van der Waals surface area (Å²) < 4.78 is 10.0. The van der Waals surface area contributed by atoms with E-state index in [0.717, 1.165) is 0 Å². The number of alkyl carbamates (subject to hydrolysis) is 1. The lowest BCUT2D eigenvalue weighted by Gasteiger charge is -2.19. The number of anilines is 1. The van der Waals surface area contributed by atoms with Crippen molar-refractivity contribution < 1.29 is 33.4 Å². The van der Waals surface area contributed by atoms with E-state index in [0.29, 0.717) is 11.3 Å². The van der Waals surface area contributed by atoms with Crippen LogP contribution in [0, 0.1) is 0 Å². The highest BCUT2D eigenvalue weighted by molar-refractivity contribution is 5.97. The molecular weight excluding hydrogens is 474 g/mol. The number of urea groups is 1. The van der Waals surface area contributed by atoms with Crippen LogP contribution in [-0.2, 0) is 25.7 Å². The minimum Gasteiger partial charge on any atom is -0.444 e. The molecule has 1 aromatic carbocycles. The Bertz CT molecular complexity index is 914. The number of hydrazine groups is 1. The molecule has 0 aliphatic heterocycles. The van der Waals surface area contributed by atoms with E-state index in [-0.39, 0.29) is 19.7 Å². The molecule has 0 fully saturated rings. The molecule has 0 heterocycles. The number of ether oxygens (including phenoxy) is 2. The van der Waals surface area contributed by atoms with Crippen LogP contribution >= 0.6 is 0 Å². The molecule has 1 rings (SSSR count). The summed E-state index contributed by atoms with van der Waals surface area (Å²) in [4.78, 5) is 58.6. The summed E-state index contributed by atoms with van der Waals surface area (Å²) in [5, 5.41) is 10.0. The molecule has 0 aliphatic carbocycles. The van der Waals surface area contributed by atoms with Crippen LogP contribution in [0.3, 0.4) is 0 Å². The van der Waals surface area contributed by atoms with Gasteiger partial charge in [0.1, 0.15) is 18.2 Å². The number of hydrogen-bond donors (Lipinski definition) is 7. The Morgan fingerprint density at radius 3 is 2.08 bits per heavy atom. The summed E-state index contributed by atoms with van der Waals surface area (Å²) >= 11 is 0. The average Bonchev–Trinajstić information content (AvgIpc) is 2.78. The van der Waals surface area contributed by atoms with Crippen molar-refractivity contribution >= 4 is 35.7 Å². The van der Waals surface area contributed by atoms with Gasteiger partial charge >= 0.3 is 18.2 Å². The van der Waals surface area contributed by atoms with Gasteiger partial charge in [-0.2, -0.15) is 0 Å². The maximum absolute atomic E-state index is 12.2. The predicted molar refractivity (Wildman–Crippen MR) is 130 cm³/mol. The molecule has 0 aliphatic rings. The Kier molecular flexibility index (Phi) is 11.9. The van der Waals surface area contributed by atoms with Crippen LogP contribution in [0.5, 0.6) is 0 Å². The fourth-order valence-corrected chi connectivity index (χ4v) is 2.34. The summed E-state index contributed by atoms with van der Waals surface area (Å²) in [6.45, 7) is 8.37. The van der Waals surface area contributed by atoms with Gasteiger partial charge in [-0.3, -0.25) is 9.59 Å². The van der Waals surface area contributed by atoms with E-state index in [9.17, 15) is 24.0 Å². The number of carbonyl (C=O) groups is 5. The zero-order chi connectivity index (χ0) is 27.3. The Morgan fingerprint density at radius 1 is 0.889 bits per heavy atom. The van der Waals surface area contributed by atoms with Gasteiger partial charge in [0.15, 0.2) is 0 Å². The highest BCUT2D eigenvalue weighted by Crippen LogP contribution is 2.11. The molecule has 0 bridgehead atoms. The summed E-state index contributed by atoms with van der Waals surface area (Å²) in [6, 6.07) is 4.26. The molecule has 0 spiro atoms. The zero-order valence-electron chi connectivity index (χ0n) is 21.0. The number of rotatable bonds is 9. The van der Waals surface area contributed by atoms with E-state index < -0.39 is 47.7 Å². The van der Waals surface area contributed by atoms with E-state index in [1.807, 2.05) is 0 Å². The van der Waals surface area contributed by atoms with Crippen molar-refractivity contribution in [2.45, 2.75) is 58.9 Å². The maximum atomic E-state index is 12.2.